The van der Waals surface area contributed by atoms with Crippen LogP contribution in [-0.2, 0) is 27.8 Å². The van der Waals surface area contributed by atoms with Gasteiger partial charge >= 0.3 is 0 Å². The second kappa shape index (κ2) is 10.9. The number of aryl methyl sites for hydroxylation is 2. The molecule has 1 amide bonds. The van der Waals surface area contributed by atoms with Gasteiger partial charge in [-0.15, -0.1) is 0 Å². The predicted molar refractivity (Wildman–Crippen MR) is 139 cm³/mol. The molecule has 1 aliphatic rings. The number of hydrogen-bond acceptors (Lipinski definition) is 4. The summed E-state index contributed by atoms with van der Waals surface area (Å²) in [5.41, 5.74) is 2.77. The monoisotopic (exact) mass is 496 g/mol. The van der Waals surface area contributed by atoms with Gasteiger partial charge < -0.3 is 9.47 Å². The van der Waals surface area contributed by atoms with Crippen molar-refractivity contribution in [2.24, 2.45) is 0 Å². The molecular weight excluding hydrogens is 460 g/mol. The number of aromatic nitrogens is 2. The van der Waals surface area contributed by atoms with Crippen molar-refractivity contribution in [1.29, 1.82) is 0 Å². The highest BCUT2D eigenvalue weighted by molar-refractivity contribution is 7.89. The Labute approximate surface area is 208 Å². The van der Waals surface area contributed by atoms with Crippen LogP contribution in [0, 0.1) is 0 Å². The summed E-state index contributed by atoms with van der Waals surface area (Å²) in [6, 6.07) is 15.6. The molecule has 1 aliphatic heterocycles. The molecule has 0 N–H and O–H groups in total. The first-order valence-electron chi connectivity index (χ1n) is 12.7. The van der Waals surface area contributed by atoms with Crippen LogP contribution in [0.3, 0.4) is 0 Å². The summed E-state index contributed by atoms with van der Waals surface area (Å²) >= 11 is 0. The third-order valence-electron chi connectivity index (χ3n) is 6.91. The maximum Gasteiger partial charge on any atom is 0.243 e. The molecule has 2 aromatic carbocycles. The van der Waals surface area contributed by atoms with E-state index >= 15 is 0 Å². The predicted octanol–water partition coefficient (Wildman–Crippen LogP) is 4.77. The zero-order valence-corrected chi connectivity index (χ0v) is 21.8. The summed E-state index contributed by atoms with van der Waals surface area (Å²) in [5, 5.41) is 0. The van der Waals surface area contributed by atoms with Crippen molar-refractivity contribution in [2.45, 2.75) is 70.4 Å². The number of hydrogen-bond donors (Lipinski definition) is 0. The Morgan fingerprint density at radius 2 is 1.83 bits per heavy atom. The van der Waals surface area contributed by atoms with Gasteiger partial charge in [-0.1, -0.05) is 51.1 Å². The smallest absolute Gasteiger partial charge is 0.243 e. The van der Waals surface area contributed by atoms with E-state index in [2.05, 4.69) is 23.6 Å². The number of likely N-dealkylation sites (tertiary alicyclic amines) is 1. The van der Waals surface area contributed by atoms with Crippen molar-refractivity contribution in [2.75, 3.05) is 19.6 Å². The lowest BCUT2D eigenvalue weighted by molar-refractivity contribution is -0.132. The van der Waals surface area contributed by atoms with Crippen LogP contribution in [0.15, 0.2) is 53.4 Å². The quantitative estimate of drug-likeness (QED) is 0.405. The second-order valence-corrected chi connectivity index (χ2v) is 11.0. The second-order valence-electron chi connectivity index (χ2n) is 9.08. The molecule has 7 nitrogen and oxygen atoms in total. The molecular formula is C27H36N4O3S. The number of carbonyl (C=O) groups is 1. The van der Waals surface area contributed by atoms with Crippen molar-refractivity contribution < 1.29 is 13.2 Å². The fourth-order valence-corrected chi connectivity index (χ4v) is 6.62. The molecule has 0 radical (unpaired) electrons. The number of rotatable bonds is 10. The fourth-order valence-electron chi connectivity index (χ4n) is 5.15. The maximum absolute atomic E-state index is 13.2. The molecule has 1 saturated heterocycles. The first-order valence-corrected chi connectivity index (χ1v) is 14.2. The molecule has 0 bridgehead atoms. The van der Waals surface area contributed by atoms with E-state index in [4.69, 9.17) is 4.98 Å². The molecule has 4 rings (SSSR count). The van der Waals surface area contributed by atoms with E-state index in [0.717, 1.165) is 43.7 Å². The fraction of sp³-hybridized carbons (Fsp3) is 0.481. The Morgan fingerprint density at radius 1 is 1.09 bits per heavy atom. The number of amides is 1. The van der Waals surface area contributed by atoms with Gasteiger partial charge in [0.15, 0.2) is 0 Å². The molecule has 0 aliphatic carbocycles. The highest BCUT2D eigenvalue weighted by atomic mass is 32.2. The molecule has 188 valence electrons. The third kappa shape index (κ3) is 5.14. The van der Waals surface area contributed by atoms with E-state index in [-0.39, 0.29) is 16.8 Å². The Bertz CT molecular complexity index is 1270. The molecule has 0 unspecified atom stereocenters. The number of fused-ring (bicyclic) bond motifs is 1. The van der Waals surface area contributed by atoms with E-state index in [1.807, 2.05) is 43.0 Å². The normalized spacial score (nSPS) is 16.5. The van der Waals surface area contributed by atoms with Crippen LogP contribution < -0.4 is 0 Å². The van der Waals surface area contributed by atoms with Crippen LogP contribution in [0.2, 0.25) is 0 Å². The lowest BCUT2D eigenvalue weighted by Crippen LogP contribution is -2.30. The summed E-state index contributed by atoms with van der Waals surface area (Å²) in [5.74, 6) is 0.985. The van der Waals surface area contributed by atoms with Crippen LogP contribution >= 0.6 is 0 Å². The summed E-state index contributed by atoms with van der Waals surface area (Å²) in [6.45, 7) is 8.20. The molecule has 1 atom stereocenters. The van der Waals surface area contributed by atoms with E-state index < -0.39 is 10.0 Å². The van der Waals surface area contributed by atoms with Gasteiger partial charge in [-0.2, -0.15) is 4.31 Å². The number of sulfonamides is 1. The van der Waals surface area contributed by atoms with Crippen molar-refractivity contribution in [1.82, 2.24) is 18.8 Å². The van der Waals surface area contributed by atoms with Gasteiger partial charge in [0.1, 0.15) is 5.82 Å². The van der Waals surface area contributed by atoms with Crippen molar-refractivity contribution in [3.05, 3.63) is 59.9 Å². The molecule has 8 heteroatoms. The van der Waals surface area contributed by atoms with E-state index in [1.54, 1.807) is 12.1 Å². The Hall–Kier alpha value is -2.71. The molecule has 35 heavy (non-hydrogen) atoms. The van der Waals surface area contributed by atoms with Crippen LogP contribution in [-0.4, -0.2) is 52.7 Å². The molecule has 1 aromatic heterocycles. The first-order chi connectivity index (χ1) is 16.9. The average molecular weight is 497 g/mol. The van der Waals surface area contributed by atoms with E-state index in [1.165, 1.54) is 9.87 Å². The Balaban J connectivity index is 1.56. The van der Waals surface area contributed by atoms with Crippen molar-refractivity contribution in [3.8, 4) is 0 Å². The number of carbonyl (C=O) groups excluding carboxylic acids is 1. The molecule has 0 spiro atoms. The minimum atomic E-state index is -3.55. The topological polar surface area (TPSA) is 75.5 Å². The Kier molecular flexibility index (Phi) is 7.91. The standard InChI is InChI=1S/C27H36N4O3S/c1-4-18-30-25-15-14-22(35(33,34)29(5-2)6-3)20-23(25)28-26(30)16-17-27(32)31-19-10-13-24(31)21-11-8-7-9-12-21/h7-9,11-12,14-15,20,24H,4-6,10,13,16-19H2,1-3H3/t24-/m1/s1. The zero-order valence-electron chi connectivity index (χ0n) is 21.0. The molecule has 1 fully saturated rings. The van der Waals surface area contributed by atoms with E-state index in [9.17, 15) is 13.2 Å². The van der Waals surface area contributed by atoms with E-state index in [0.29, 0.717) is 31.4 Å². The van der Waals surface area contributed by atoms with Gasteiger partial charge in [0.05, 0.1) is 22.0 Å². The van der Waals surface area contributed by atoms with Gasteiger partial charge in [-0.3, -0.25) is 4.79 Å². The van der Waals surface area contributed by atoms with Gasteiger partial charge in [-0.25, -0.2) is 13.4 Å². The summed E-state index contributed by atoms with van der Waals surface area (Å²) in [6.07, 6.45) is 3.86. The van der Waals surface area contributed by atoms with Gasteiger partial charge in [0.25, 0.3) is 0 Å². The summed E-state index contributed by atoms with van der Waals surface area (Å²) < 4.78 is 29.6. The Morgan fingerprint density at radius 3 is 2.51 bits per heavy atom. The maximum atomic E-state index is 13.2. The molecule has 0 saturated carbocycles. The SMILES string of the molecule is CCCn1c(CCC(=O)N2CCC[C@@H]2c2ccccc2)nc2cc(S(=O)(=O)N(CC)CC)ccc21. The number of imidazole rings is 1. The van der Waals surface area contributed by atoms with Crippen molar-refractivity contribution in [3.63, 3.8) is 0 Å². The van der Waals surface area contributed by atoms with Gasteiger partial charge in [0, 0.05) is 39.0 Å². The highest BCUT2D eigenvalue weighted by Gasteiger charge is 2.30. The van der Waals surface area contributed by atoms with Gasteiger partial charge in [-0.05, 0) is 43.0 Å². The summed E-state index contributed by atoms with van der Waals surface area (Å²) in [4.78, 5) is 20.3. The van der Waals surface area contributed by atoms with Crippen LogP contribution in [0.25, 0.3) is 11.0 Å². The van der Waals surface area contributed by atoms with Crippen LogP contribution in [0.5, 0.6) is 0 Å². The highest BCUT2D eigenvalue weighted by Crippen LogP contribution is 2.32. The lowest BCUT2D eigenvalue weighted by Gasteiger charge is -2.25. The van der Waals surface area contributed by atoms with Crippen LogP contribution in [0.1, 0.15) is 63.9 Å². The lowest BCUT2D eigenvalue weighted by atomic mass is 10.0. The third-order valence-corrected chi connectivity index (χ3v) is 8.96. The summed E-state index contributed by atoms with van der Waals surface area (Å²) in [7, 11) is -3.55. The number of nitrogens with zero attached hydrogens (tertiary/aromatic N) is 4. The minimum absolute atomic E-state index is 0.144. The first kappa shape index (κ1) is 25.4. The number of benzene rings is 2. The van der Waals surface area contributed by atoms with Gasteiger partial charge in [0.2, 0.25) is 15.9 Å². The van der Waals surface area contributed by atoms with Crippen molar-refractivity contribution >= 4 is 27.0 Å². The molecule has 3 aromatic rings. The zero-order chi connectivity index (χ0) is 25.0. The average Bonchev–Trinajstić information content (AvgIpc) is 3.49. The van der Waals surface area contributed by atoms with Crippen LogP contribution in [0.4, 0.5) is 0 Å². The largest absolute Gasteiger partial charge is 0.336 e. The minimum Gasteiger partial charge on any atom is -0.336 e. The molecule has 2 heterocycles.